The average Bonchev–Trinajstić information content (AvgIpc) is 3.21. The molecule has 0 amide bonds. The topological polar surface area (TPSA) is 102 Å². The van der Waals surface area contributed by atoms with Crippen molar-refractivity contribution in [3.8, 4) is 11.5 Å². The number of H-pyrrole nitrogens is 1. The quantitative estimate of drug-likeness (QED) is 0.254. The van der Waals surface area contributed by atoms with Crippen LogP contribution in [-0.4, -0.2) is 63.4 Å². The van der Waals surface area contributed by atoms with Gasteiger partial charge in [0.25, 0.3) is 0 Å². The van der Waals surface area contributed by atoms with Crippen LogP contribution in [0.3, 0.4) is 0 Å². The minimum absolute atomic E-state index is 0.0780. The molecular weight excluding hydrogens is 462 g/mol. The van der Waals surface area contributed by atoms with Gasteiger partial charge in [0.1, 0.15) is 17.8 Å². The molecule has 1 fully saturated rings. The van der Waals surface area contributed by atoms with E-state index in [2.05, 4.69) is 34.9 Å². The molecule has 0 aliphatic carbocycles. The van der Waals surface area contributed by atoms with E-state index in [1.54, 1.807) is 12.4 Å². The molecule has 4 aromatic rings. The summed E-state index contributed by atoms with van der Waals surface area (Å²) in [6.45, 7) is 3.02. The predicted molar refractivity (Wildman–Crippen MR) is 136 cm³/mol. The molecule has 0 spiro atoms. The maximum atomic E-state index is 10.1. The lowest BCUT2D eigenvalue weighted by molar-refractivity contribution is 0.374. The highest BCUT2D eigenvalue weighted by Gasteiger charge is 2.23. The largest absolute Gasteiger partial charge is 0.504 e. The highest BCUT2D eigenvalue weighted by atomic mass is 35.5. The van der Waals surface area contributed by atoms with Crippen LogP contribution in [0, 0.1) is 0 Å². The van der Waals surface area contributed by atoms with E-state index in [4.69, 9.17) is 28.7 Å². The minimum Gasteiger partial charge on any atom is -0.504 e. The third-order valence-corrected chi connectivity index (χ3v) is 6.36. The van der Waals surface area contributed by atoms with E-state index in [1.807, 2.05) is 30.3 Å². The SMILES string of the molecule is COc1cc2c(cc1O)[nH]c1ncnc(N3CCN(C(=S)Nc4ccc(NCl)cc4)CC3)c12. The van der Waals surface area contributed by atoms with Gasteiger partial charge >= 0.3 is 0 Å². The summed E-state index contributed by atoms with van der Waals surface area (Å²) in [4.78, 5) is 19.2. The summed E-state index contributed by atoms with van der Waals surface area (Å²) in [5, 5.41) is 15.9. The van der Waals surface area contributed by atoms with E-state index < -0.39 is 0 Å². The number of piperazine rings is 1. The van der Waals surface area contributed by atoms with Gasteiger partial charge in [-0.2, -0.15) is 0 Å². The maximum Gasteiger partial charge on any atom is 0.173 e. The van der Waals surface area contributed by atoms with Crippen molar-refractivity contribution in [2.24, 2.45) is 0 Å². The average molecular weight is 484 g/mol. The van der Waals surface area contributed by atoms with Crippen LogP contribution in [0.2, 0.25) is 0 Å². The number of nitrogens with zero attached hydrogens (tertiary/aromatic N) is 4. The fourth-order valence-electron chi connectivity index (χ4n) is 4.07. The lowest BCUT2D eigenvalue weighted by Crippen LogP contribution is -2.50. The zero-order valence-electron chi connectivity index (χ0n) is 17.8. The molecule has 1 saturated heterocycles. The summed E-state index contributed by atoms with van der Waals surface area (Å²) in [5.41, 5.74) is 3.23. The zero-order chi connectivity index (χ0) is 22.9. The van der Waals surface area contributed by atoms with E-state index in [9.17, 15) is 5.11 Å². The van der Waals surface area contributed by atoms with Crippen LogP contribution in [0.1, 0.15) is 0 Å². The predicted octanol–water partition coefficient (Wildman–Crippen LogP) is 3.91. The Morgan fingerprint density at radius 3 is 2.55 bits per heavy atom. The number of benzene rings is 2. The molecule has 0 radical (unpaired) electrons. The Kier molecular flexibility index (Phi) is 5.69. The van der Waals surface area contributed by atoms with Crippen LogP contribution in [0.5, 0.6) is 11.5 Å². The van der Waals surface area contributed by atoms with Crippen LogP contribution in [-0.2, 0) is 0 Å². The molecule has 3 heterocycles. The van der Waals surface area contributed by atoms with E-state index in [0.717, 1.165) is 65.3 Å². The fraction of sp³-hybridized carbons (Fsp3) is 0.227. The van der Waals surface area contributed by atoms with Gasteiger partial charge in [0.15, 0.2) is 16.6 Å². The molecule has 5 rings (SSSR count). The highest BCUT2D eigenvalue weighted by molar-refractivity contribution is 7.80. The summed E-state index contributed by atoms with van der Waals surface area (Å²) in [5.74, 6) is 1.34. The van der Waals surface area contributed by atoms with Crippen molar-refractivity contribution in [1.29, 1.82) is 0 Å². The Morgan fingerprint density at radius 1 is 1.12 bits per heavy atom. The van der Waals surface area contributed by atoms with Crippen molar-refractivity contribution in [2.45, 2.75) is 0 Å². The Morgan fingerprint density at radius 2 is 1.85 bits per heavy atom. The van der Waals surface area contributed by atoms with Crippen LogP contribution < -0.4 is 19.8 Å². The number of aromatic amines is 1. The molecule has 1 aliphatic heterocycles. The number of ether oxygens (including phenoxy) is 1. The van der Waals surface area contributed by atoms with Crippen LogP contribution in [0.15, 0.2) is 42.7 Å². The van der Waals surface area contributed by atoms with Gasteiger partial charge in [0.2, 0.25) is 0 Å². The molecule has 2 aromatic heterocycles. The summed E-state index contributed by atoms with van der Waals surface area (Å²) in [6.07, 6.45) is 1.56. The standard InChI is InChI=1S/C22H22ClN7O2S/c1-32-18-10-15-16(11-17(18)31)27-20-19(15)21(25-12-24-20)29-6-8-30(9-7-29)22(33)26-13-2-4-14(28-23)5-3-13/h2-5,10-12,28,31H,6-9H2,1H3,(H,26,33)(H,24,25,27). The summed E-state index contributed by atoms with van der Waals surface area (Å²) >= 11 is 11.2. The van der Waals surface area contributed by atoms with Crippen molar-refractivity contribution in [3.05, 3.63) is 42.7 Å². The van der Waals surface area contributed by atoms with Crippen LogP contribution in [0.4, 0.5) is 17.2 Å². The van der Waals surface area contributed by atoms with Crippen molar-refractivity contribution >= 4 is 68.2 Å². The van der Waals surface area contributed by atoms with E-state index in [1.165, 1.54) is 7.11 Å². The van der Waals surface area contributed by atoms with Crippen molar-refractivity contribution < 1.29 is 9.84 Å². The number of phenolic OH excluding ortho intramolecular Hbond substituents is 1. The van der Waals surface area contributed by atoms with Gasteiger partial charge < -0.3 is 29.9 Å². The number of hydrogen-bond acceptors (Lipinski definition) is 7. The molecule has 0 bridgehead atoms. The van der Waals surface area contributed by atoms with E-state index >= 15 is 0 Å². The second kappa shape index (κ2) is 8.80. The molecule has 2 aromatic carbocycles. The molecule has 0 saturated carbocycles. The normalized spacial score (nSPS) is 14.0. The Hall–Kier alpha value is -3.50. The van der Waals surface area contributed by atoms with Crippen LogP contribution in [0.25, 0.3) is 21.9 Å². The Balaban J connectivity index is 1.34. The number of hydrogen-bond donors (Lipinski definition) is 4. The van der Waals surface area contributed by atoms with Gasteiger partial charge in [-0.05, 0) is 42.5 Å². The summed E-state index contributed by atoms with van der Waals surface area (Å²) in [7, 11) is 1.53. The molecule has 11 heteroatoms. The number of aromatic hydroxyl groups is 1. The second-order valence-corrected chi connectivity index (χ2v) is 8.27. The maximum absolute atomic E-state index is 10.1. The van der Waals surface area contributed by atoms with Crippen molar-refractivity contribution in [3.63, 3.8) is 0 Å². The molecule has 0 atom stereocenters. The molecule has 0 unspecified atom stereocenters. The van der Waals surface area contributed by atoms with Crippen molar-refractivity contribution in [1.82, 2.24) is 19.9 Å². The molecule has 170 valence electrons. The van der Waals surface area contributed by atoms with Crippen molar-refractivity contribution in [2.75, 3.05) is 48.3 Å². The first-order valence-electron chi connectivity index (χ1n) is 10.4. The van der Waals surface area contributed by atoms with Gasteiger partial charge in [-0.15, -0.1) is 0 Å². The number of rotatable bonds is 4. The number of aromatic nitrogens is 3. The first-order chi connectivity index (χ1) is 16.1. The fourth-order valence-corrected chi connectivity index (χ4v) is 4.50. The highest BCUT2D eigenvalue weighted by Crippen LogP contribution is 2.37. The third kappa shape index (κ3) is 4.03. The molecule has 9 nitrogen and oxygen atoms in total. The van der Waals surface area contributed by atoms with Gasteiger partial charge in [0.05, 0.1) is 18.0 Å². The number of nitrogens with one attached hydrogen (secondary N) is 3. The third-order valence-electron chi connectivity index (χ3n) is 5.78. The number of phenols is 1. The number of methoxy groups -OCH3 is 1. The van der Waals surface area contributed by atoms with E-state index in [0.29, 0.717) is 10.9 Å². The first kappa shape index (κ1) is 21.4. The summed E-state index contributed by atoms with van der Waals surface area (Å²) < 4.78 is 5.30. The Labute approximate surface area is 200 Å². The minimum atomic E-state index is 0.0780. The lowest BCUT2D eigenvalue weighted by Gasteiger charge is -2.37. The second-order valence-electron chi connectivity index (χ2n) is 7.69. The van der Waals surface area contributed by atoms with Gasteiger partial charge in [0, 0.05) is 60.8 Å². The van der Waals surface area contributed by atoms with E-state index in [-0.39, 0.29) is 5.75 Å². The molecule has 33 heavy (non-hydrogen) atoms. The molecule has 1 aliphatic rings. The first-order valence-corrected chi connectivity index (χ1v) is 11.2. The van der Waals surface area contributed by atoms with Gasteiger partial charge in [-0.25, -0.2) is 9.97 Å². The van der Waals surface area contributed by atoms with Gasteiger partial charge in [-0.1, -0.05) is 0 Å². The lowest BCUT2D eigenvalue weighted by atomic mass is 10.1. The van der Waals surface area contributed by atoms with Crippen LogP contribution >= 0.6 is 24.0 Å². The number of fused-ring (bicyclic) bond motifs is 3. The Bertz CT molecular complexity index is 1320. The smallest absolute Gasteiger partial charge is 0.173 e. The molecule has 4 N–H and O–H groups in total. The molecular formula is C22H22ClN7O2S. The zero-order valence-corrected chi connectivity index (χ0v) is 19.4. The number of anilines is 3. The summed E-state index contributed by atoms with van der Waals surface area (Å²) in [6, 6.07) is 11.1. The number of thiocarbonyl (C=S) groups is 1. The van der Waals surface area contributed by atoms with Gasteiger partial charge in [-0.3, -0.25) is 4.84 Å². The monoisotopic (exact) mass is 483 g/mol. The number of halogens is 1.